The first kappa shape index (κ1) is 15.8. The molecule has 1 saturated carbocycles. The van der Waals surface area contributed by atoms with Crippen molar-refractivity contribution < 1.29 is 14.6 Å². The van der Waals surface area contributed by atoms with E-state index in [1.165, 1.54) is 19.3 Å². The Kier molecular flexibility index (Phi) is 4.71. The zero-order valence-electron chi connectivity index (χ0n) is 13.7. The van der Waals surface area contributed by atoms with Crippen molar-refractivity contribution in [3.63, 3.8) is 0 Å². The second kappa shape index (κ2) is 6.57. The molecule has 1 saturated heterocycles. The Morgan fingerprint density at radius 2 is 2.05 bits per heavy atom. The summed E-state index contributed by atoms with van der Waals surface area (Å²) in [6.45, 7) is 7.72. The van der Waals surface area contributed by atoms with Gasteiger partial charge < -0.3 is 14.6 Å². The molecule has 0 amide bonds. The number of aliphatic hydroxyl groups is 1. The first-order chi connectivity index (χ1) is 10.6. The molecule has 1 unspecified atom stereocenters. The van der Waals surface area contributed by atoms with Crippen LogP contribution in [0, 0.1) is 13.8 Å². The highest BCUT2D eigenvalue weighted by atomic mass is 16.5. The fourth-order valence-electron chi connectivity index (χ4n) is 3.51. The van der Waals surface area contributed by atoms with E-state index in [0.29, 0.717) is 13.2 Å². The molecule has 3 rings (SSSR count). The number of morpholine rings is 1. The standard InChI is InChI=1S/C18H27NO3/c1-14-5-3-6-15(2)17(14)21-12-16(20)11-19-9-10-22-18(13-19)7-4-8-18/h3,5-6,16,20H,4,7-13H2,1-2H3. The van der Waals surface area contributed by atoms with Crippen LogP contribution in [0.5, 0.6) is 5.75 Å². The number of para-hydroxylation sites is 1. The highest BCUT2D eigenvalue weighted by Gasteiger charge is 2.42. The lowest BCUT2D eigenvalue weighted by atomic mass is 9.79. The molecule has 1 aromatic carbocycles. The highest BCUT2D eigenvalue weighted by Crippen LogP contribution is 2.38. The van der Waals surface area contributed by atoms with E-state index in [1.54, 1.807) is 0 Å². The number of aryl methyl sites for hydroxylation is 2. The molecule has 1 atom stereocenters. The minimum atomic E-state index is -0.464. The number of nitrogens with zero attached hydrogens (tertiary/aromatic N) is 1. The third kappa shape index (κ3) is 3.45. The molecule has 1 aliphatic carbocycles. The number of hydrogen-bond donors (Lipinski definition) is 1. The van der Waals surface area contributed by atoms with E-state index in [4.69, 9.17) is 9.47 Å². The van der Waals surface area contributed by atoms with E-state index in [0.717, 1.165) is 36.6 Å². The first-order valence-corrected chi connectivity index (χ1v) is 8.31. The number of ether oxygens (including phenoxy) is 2. The molecule has 1 aromatic rings. The maximum Gasteiger partial charge on any atom is 0.125 e. The zero-order valence-corrected chi connectivity index (χ0v) is 13.7. The largest absolute Gasteiger partial charge is 0.490 e. The second-order valence-electron chi connectivity index (χ2n) is 6.81. The maximum absolute atomic E-state index is 10.3. The predicted octanol–water partition coefficient (Wildman–Crippen LogP) is 2.30. The van der Waals surface area contributed by atoms with Crippen LogP contribution < -0.4 is 4.74 Å². The van der Waals surface area contributed by atoms with Crippen LogP contribution >= 0.6 is 0 Å². The number of β-amino-alcohol motifs (C(OH)–C–C–N with tert-alkyl or cyclic N) is 1. The van der Waals surface area contributed by atoms with Crippen LogP contribution in [0.25, 0.3) is 0 Å². The van der Waals surface area contributed by atoms with E-state index < -0.39 is 6.10 Å². The summed E-state index contributed by atoms with van der Waals surface area (Å²) in [5, 5.41) is 10.3. The van der Waals surface area contributed by atoms with Crippen molar-refractivity contribution in [2.24, 2.45) is 0 Å². The van der Waals surface area contributed by atoms with Gasteiger partial charge in [-0.15, -0.1) is 0 Å². The molecule has 4 heteroatoms. The molecule has 122 valence electrons. The lowest BCUT2D eigenvalue weighted by Crippen LogP contribution is -2.57. The third-order valence-electron chi connectivity index (χ3n) is 4.89. The van der Waals surface area contributed by atoms with Crippen LogP contribution in [-0.4, -0.2) is 54.6 Å². The minimum absolute atomic E-state index is 0.0887. The Morgan fingerprint density at radius 3 is 2.68 bits per heavy atom. The van der Waals surface area contributed by atoms with Gasteiger partial charge in [0.05, 0.1) is 12.2 Å². The summed E-state index contributed by atoms with van der Waals surface area (Å²) < 4.78 is 11.8. The summed E-state index contributed by atoms with van der Waals surface area (Å²) in [7, 11) is 0. The van der Waals surface area contributed by atoms with Crippen LogP contribution in [0.1, 0.15) is 30.4 Å². The predicted molar refractivity (Wildman–Crippen MR) is 86.4 cm³/mol. The fraction of sp³-hybridized carbons (Fsp3) is 0.667. The molecule has 22 heavy (non-hydrogen) atoms. The average molecular weight is 305 g/mol. The maximum atomic E-state index is 10.3. The monoisotopic (exact) mass is 305 g/mol. The van der Waals surface area contributed by atoms with Crippen molar-refractivity contribution in [1.82, 2.24) is 4.90 Å². The zero-order chi connectivity index (χ0) is 15.6. The van der Waals surface area contributed by atoms with Gasteiger partial charge in [-0.25, -0.2) is 0 Å². The van der Waals surface area contributed by atoms with E-state index in [-0.39, 0.29) is 5.60 Å². The van der Waals surface area contributed by atoms with Crippen LogP contribution in [-0.2, 0) is 4.74 Å². The molecule has 0 radical (unpaired) electrons. The molecule has 0 aromatic heterocycles. The molecule has 1 N–H and O–H groups in total. The Bertz CT molecular complexity index is 493. The van der Waals surface area contributed by atoms with E-state index >= 15 is 0 Å². The normalized spacial score (nSPS) is 22.3. The van der Waals surface area contributed by atoms with Crippen molar-refractivity contribution in [2.45, 2.75) is 44.8 Å². The minimum Gasteiger partial charge on any atom is -0.490 e. The van der Waals surface area contributed by atoms with Gasteiger partial charge in [-0.3, -0.25) is 4.90 Å². The topological polar surface area (TPSA) is 41.9 Å². The first-order valence-electron chi connectivity index (χ1n) is 8.31. The lowest BCUT2D eigenvalue weighted by molar-refractivity contribution is -0.155. The van der Waals surface area contributed by atoms with Gasteiger partial charge in [-0.05, 0) is 44.2 Å². The van der Waals surface area contributed by atoms with E-state index in [9.17, 15) is 5.11 Å². The van der Waals surface area contributed by atoms with Gasteiger partial charge in [-0.1, -0.05) is 18.2 Å². The number of benzene rings is 1. The van der Waals surface area contributed by atoms with Crippen molar-refractivity contribution in [2.75, 3.05) is 32.8 Å². The molecular weight excluding hydrogens is 278 g/mol. The Hall–Kier alpha value is -1.10. The third-order valence-corrected chi connectivity index (χ3v) is 4.89. The lowest BCUT2D eigenvalue weighted by Gasteiger charge is -2.48. The molecule has 1 spiro atoms. The quantitative estimate of drug-likeness (QED) is 0.906. The van der Waals surface area contributed by atoms with Gasteiger partial charge >= 0.3 is 0 Å². The fourth-order valence-corrected chi connectivity index (χ4v) is 3.51. The molecule has 4 nitrogen and oxygen atoms in total. The van der Waals surface area contributed by atoms with Gasteiger partial charge in [0.1, 0.15) is 18.5 Å². The van der Waals surface area contributed by atoms with Crippen molar-refractivity contribution in [3.8, 4) is 5.75 Å². The van der Waals surface area contributed by atoms with Crippen molar-refractivity contribution in [1.29, 1.82) is 0 Å². The molecule has 2 fully saturated rings. The summed E-state index contributed by atoms with van der Waals surface area (Å²) in [4.78, 5) is 2.32. The Labute approximate surface area is 133 Å². The van der Waals surface area contributed by atoms with Gasteiger partial charge in [-0.2, -0.15) is 0 Å². The summed E-state index contributed by atoms with van der Waals surface area (Å²) >= 11 is 0. The van der Waals surface area contributed by atoms with Crippen molar-refractivity contribution in [3.05, 3.63) is 29.3 Å². The van der Waals surface area contributed by atoms with Gasteiger partial charge in [0.15, 0.2) is 0 Å². The molecule has 0 bridgehead atoms. The van der Waals surface area contributed by atoms with Gasteiger partial charge in [0.25, 0.3) is 0 Å². The molecular formula is C18H27NO3. The smallest absolute Gasteiger partial charge is 0.125 e. The highest BCUT2D eigenvalue weighted by molar-refractivity contribution is 5.39. The van der Waals surface area contributed by atoms with E-state index in [2.05, 4.69) is 4.90 Å². The SMILES string of the molecule is Cc1cccc(C)c1OCC(O)CN1CCOC2(CCC2)C1. The molecule has 1 aliphatic heterocycles. The van der Waals surface area contributed by atoms with Crippen LogP contribution in [0.15, 0.2) is 18.2 Å². The number of rotatable bonds is 5. The second-order valence-corrected chi connectivity index (χ2v) is 6.81. The van der Waals surface area contributed by atoms with Crippen LogP contribution in [0.2, 0.25) is 0 Å². The van der Waals surface area contributed by atoms with Crippen LogP contribution in [0.3, 0.4) is 0 Å². The van der Waals surface area contributed by atoms with Gasteiger partial charge in [0, 0.05) is 19.6 Å². The Morgan fingerprint density at radius 1 is 1.32 bits per heavy atom. The molecule has 2 aliphatic rings. The summed E-state index contributed by atoms with van der Waals surface area (Å²) in [5.74, 6) is 0.902. The van der Waals surface area contributed by atoms with Gasteiger partial charge in [0.2, 0.25) is 0 Å². The summed E-state index contributed by atoms with van der Waals surface area (Å²) in [6, 6.07) is 6.10. The summed E-state index contributed by atoms with van der Waals surface area (Å²) in [5.41, 5.74) is 2.32. The number of hydrogen-bond acceptors (Lipinski definition) is 4. The summed E-state index contributed by atoms with van der Waals surface area (Å²) in [6.07, 6.45) is 3.14. The Balaban J connectivity index is 1.49. The van der Waals surface area contributed by atoms with Crippen LogP contribution in [0.4, 0.5) is 0 Å². The molecule has 1 heterocycles. The van der Waals surface area contributed by atoms with Crippen molar-refractivity contribution >= 4 is 0 Å². The van der Waals surface area contributed by atoms with E-state index in [1.807, 2.05) is 32.0 Å². The number of aliphatic hydroxyl groups excluding tert-OH is 1. The average Bonchev–Trinajstić information content (AvgIpc) is 2.45.